The maximum Gasteiger partial charge on any atom is 0.0931 e. The lowest BCUT2D eigenvalue weighted by Crippen LogP contribution is -2.31. The molecule has 1 saturated carbocycles. The first-order valence-electron chi connectivity index (χ1n) is 6.95. The van der Waals surface area contributed by atoms with Gasteiger partial charge in [-0.3, -0.25) is 0 Å². The molecule has 0 bridgehead atoms. The molecule has 0 radical (unpaired) electrons. The van der Waals surface area contributed by atoms with Gasteiger partial charge in [0, 0.05) is 37.7 Å². The van der Waals surface area contributed by atoms with Crippen LogP contribution < -0.4 is 5.32 Å². The van der Waals surface area contributed by atoms with E-state index in [1.807, 2.05) is 6.07 Å². The summed E-state index contributed by atoms with van der Waals surface area (Å²) in [5, 5.41) is 3.43. The van der Waals surface area contributed by atoms with E-state index >= 15 is 0 Å². The van der Waals surface area contributed by atoms with E-state index in [4.69, 9.17) is 16.3 Å². The third-order valence-electron chi connectivity index (χ3n) is 3.27. The molecule has 1 aromatic heterocycles. The first-order chi connectivity index (χ1) is 9.24. The number of halogens is 1. The molecule has 5 heteroatoms. The molecule has 0 aliphatic heterocycles. The minimum Gasteiger partial charge on any atom is -0.380 e. The molecular weight excluding hydrogens is 280 g/mol. The lowest BCUT2D eigenvalue weighted by Gasteiger charge is -2.16. The van der Waals surface area contributed by atoms with Gasteiger partial charge < -0.3 is 15.0 Å². The molecule has 1 N–H and O–H groups in total. The monoisotopic (exact) mass is 302 g/mol. The number of nitrogens with zero attached hydrogens (tertiary/aromatic N) is 1. The molecule has 1 fully saturated rings. The van der Waals surface area contributed by atoms with Gasteiger partial charge in [-0.2, -0.15) is 0 Å². The number of likely N-dealkylation sites (N-methyl/N-ethyl adjacent to an activating group) is 1. The third-order valence-corrected chi connectivity index (χ3v) is 4.50. The summed E-state index contributed by atoms with van der Waals surface area (Å²) >= 11 is 7.53. The second kappa shape index (κ2) is 8.22. The lowest BCUT2D eigenvalue weighted by molar-refractivity contribution is 0.104. The molecule has 0 aromatic carbocycles. The van der Waals surface area contributed by atoms with Crippen LogP contribution >= 0.6 is 22.9 Å². The van der Waals surface area contributed by atoms with Crippen molar-refractivity contribution in [2.75, 3.05) is 39.9 Å². The molecule has 0 saturated heterocycles. The second-order valence-electron chi connectivity index (χ2n) is 5.20. The van der Waals surface area contributed by atoms with Crippen LogP contribution in [-0.2, 0) is 11.3 Å². The van der Waals surface area contributed by atoms with Crippen LogP contribution in [0.2, 0.25) is 4.34 Å². The van der Waals surface area contributed by atoms with Crippen LogP contribution in [0.5, 0.6) is 0 Å². The van der Waals surface area contributed by atoms with Crippen molar-refractivity contribution in [3.05, 3.63) is 21.3 Å². The Morgan fingerprint density at radius 2 is 2.26 bits per heavy atom. The summed E-state index contributed by atoms with van der Waals surface area (Å²) in [5.41, 5.74) is 0. The number of thiophene rings is 1. The van der Waals surface area contributed by atoms with Crippen molar-refractivity contribution in [3.63, 3.8) is 0 Å². The van der Waals surface area contributed by atoms with Crippen molar-refractivity contribution >= 4 is 22.9 Å². The van der Waals surface area contributed by atoms with E-state index in [-0.39, 0.29) is 0 Å². The molecule has 1 aromatic rings. The molecular formula is C14H23ClN2OS. The van der Waals surface area contributed by atoms with Crippen LogP contribution in [0, 0.1) is 5.92 Å². The Morgan fingerprint density at radius 1 is 1.42 bits per heavy atom. The molecule has 19 heavy (non-hydrogen) atoms. The Bertz CT molecular complexity index is 368. The number of hydrogen-bond acceptors (Lipinski definition) is 4. The SMILES string of the molecule is CN(CCNCc1ccc(Cl)s1)CCOCC1CC1. The molecule has 0 atom stereocenters. The van der Waals surface area contributed by atoms with Gasteiger partial charge in [0.25, 0.3) is 0 Å². The van der Waals surface area contributed by atoms with Crippen LogP contribution in [0.15, 0.2) is 12.1 Å². The topological polar surface area (TPSA) is 24.5 Å². The van der Waals surface area contributed by atoms with Crippen molar-refractivity contribution < 1.29 is 4.74 Å². The Labute approximate surface area is 124 Å². The lowest BCUT2D eigenvalue weighted by atomic mass is 10.4. The molecule has 1 aliphatic rings. The summed E-state index contributed by atoms with van der Waals surface area (Å²) < 4.78 is 6.49. The predicted octanol–water partition coefficient (Wildman–Crippen LogP) is 2.85. The van der Waals surface area contributed by atoms with Gasteiger partial charge in [-0.25, -0.2) is 0 Å². The van der Waals surface area contributed by atoms with Crippen molar-refractivity contribution in [2.24, 2.45) is 5.92 Å². The molecule has 2 rings (SSSR count). The highest BCUT2D eigenvalue weighted by Gasteiger charge is 2.20. The molecule has 0 unspecified atom stereocenters. The van der Waals surface area contributed by atoms with Gasteiger partial charge in [0.2, 0.25) is 0 Å². The second-order valence-corrected chi connectivity index (χ2v) is 7.00. The van der Waals surface area contributed by atoms with Gasteiger partial charge in [-0.15, -0.1) is 11.3 Å². The number of ether oxygens (including phenoxy) is 1. The first-order valence-corrected chi connectivity index (χ1v) is 8.14. The number of rotatable bonds is 10. The van der Waals surface area contributed by atoms with Crippen LogP contribution in [0.4, 0.5) is 0 Å². The predicted molar refractivity (Wildman–Crippen MR) is 82.1 cm³/mol. The van der Waals surface area contributed by atoms with Gasteiger partial charge >= 0.3 is 0 Å². The molecule has 0 spiro atoms. The Balaban J connectivity index is 1.43. The highest BCUT2D eigenvalue weighted by atomic mass is 35.5. The standard InChI is InChI=1S/C14H23ClN2OS/c1-17(8-9-18-11-12-2-3-12)7-6-16-10-13-4-5-14(15)19-13/h4-5,12,16H,2-3,6-11H2,1H3. The largest absolute Gasteiger partial charge is 0.380 e. The summed E-state index contributed by atoms with van der Waals surface area (Å²) in [5.74, 6) is 0.865. The fourth-order valence-electron chi connectivity index (χ4n) is 1.79. The van der Waals surface area contributed by atoms with Gasteiger partial charge in [0.1, 0.15) is 0 Å². The van der Waals surface area contributed by atoms with Crippen molar-refractivity contribution in [2.45, 2.75) is 19.4 Å². The summed E-state index contributed by atoms with van der Waals surface area (Å²) in [6.45, 7) is 5.78. The summed E-state index contributed by atoms with van der Waals surface area (Å²) in [7, 11) is 2.14. The minimum absolute atomic E-state index is 0.855. The number of hydrogen-bond donors (Lipinski definition) is 1. The average molecular weight is 303 g/mol. The van der Waals surface area contributed by atoms with Crippen molar-refractivity contribution in [1.29, 1.82) is 0 Å². The molecule has 108 valence electrons. The molecule has 3 nitrogen and oxygen atoms in total. The molecule has 1 heterocycles. The van der Waals surface area contributed by atoms with Crippen LogP contribution in [0.3, 0.4) is 0 Å². The van der Waals surface area contributed by atoms with E-state index in [2.05, 4.69) is 23.3 Å². The zero-order valence-electron chi connectivity index (χ0n) is 11.5. The van der Waals surface area contributed by atoms with Crippen molar-refractivity contribution in [3.8, 4) is 0 Å². The summed E-state index contributed by atoms with van der Waals surface area (Å²) in [6, 6.07) is 4.03. The summed E-state index contributed by atoms with van der Waals surface area (Å²) in [4.78, 5) is 3.60. The van der Waals surface area contributed by atoms with E-state index < -0.39 is 0 Å². The minimum atomic E-state index is 0.855. The average Bonchev–Trinajstić information content (AvgIpc) is 3.13. The summed E-state index contributed by atoms with van der Waals surface area (Å²) in [6.07, 6.45) is 2.74. The Morgan fingerprint density at radius 3 is 2.95 bits per heavy atom. The zero-order chi connectivity index (χ0) is 13.5. The van der Waals surface area contributed by atoms with E-state index in [1.165, 1.54) is 17.7 Å². The van der Waals surface area contributed by atoms with E-state index in [1.54, 1.807) is 11.3 Å². The fourth-order valence-corrected chi connectivity index (χ4v) is 2.85. The van der Waals surface area contributed by atoms with Gasteiger partial charge in [-0.1, -0.05) is 11.6 Å². The maximum absolute atomic E-state index is 5.89. The molecule has 1 aliphatic carbocycles. The highest BCUT2D eigenvalue weighted by Crippen LogP contribution is 2.28. The van der Waals surface area contributed by atoms with E-state index in [9.17, 15) is 0 Å². The quantitative estimate of drug-likeness (QED) is 0.673. The number of nitrogens with one attached hydrogen (secondary N) is 1. The van der Waals surface area contributed by atoms with Gasteiger partial charge in [-0.05, 0) is 37.9 Å². The maximum atomic E-state index is 5.89. The first kappa shape index (κ1) is 15.3. The van der Waals surface area contributed by atoms with Crippen molar-refractivity contribution in [1.82, 2.24) is 10.2 Å². The Kier molecular flexibility index (Phi) is 6.61. The normalized spacial score (nSPS) is 15.3. The zero-order valence-corrected chi connectivity index (χ0v) is 13.1. The highest BCUT2D eigenvalue weighted by molar-refractivity contribution is 7.16. The molecule has 0 amide bonds. The van der Waals surface area contributed by atoms with Crippen LogP contribution in [0.25, 0.3) is 0 Å². The Hall–Kier alpha value is -0.130. The van der Waals surface area contributed by atoms with Gasteiger partial charge in [0.15, 0.2) is 0 Å². The smallest absolute Gasteiger partial charge is 0.0931 e. The van der Waals surface area contributed by atoms with Gasteiger partial charge in [0.05, 0.1) is 10.9 Å². The van der Waals surface area contributed by atoms with Crippen LogP contribution in [-0.4, -0.2) is 44.8 Å². The van der Waals surface area contributed by atoms with E-state index in [0.717, 1.165) is 49.6 Å². The third kappa shape index (κ3) is 6.72. The van der Waals surface area contributed by atoms with Crippen LogP contribution in [0.1, 0.15) is 17.7 Å². The fraction of sp³-hybridized carbons (Fsp3) is 0.714. The van der Waals surface area contributed by atoms with E-state index in [0.29, 0.717) is 0 Å².